The SMILES string of the molecule is O=C(OC(=O)C(F)(F)F)c1[nH]nnc1Oc1ccc(C2CCOCC2)cc1. The van der Waals surface area contributed by atoms with Crippen LogP contribution in [0.25, 0.3) is 0 Å². The number of hydrogen-bond acceptors (Lipinski definition) is 7. The number of H-pyrrole nitrogens is 1. The van der Waals surface area contributed by atoms with E-state index in [-0.39, 0.29) is 5.75 Å². The van der Waals surface area contributed by atoms with Crippen molar-refractivity contribution >= 4 is 11.9 Å². The number of aromatic nitrogens is 3. The van der Waals surface area contributed by atoms with Crippen LogP contribution in [0.15, 0.2) is 24.3 Å². The summed E-state index contributed by atoms with van der Waals surface area (Å²) < 4.78 is 51.0. The van der Waals surface area contributed by atoms with Crippen LogP contribution in [-0.4, -0.2) is 46.7 Å². The summed E-state index contributed by atoms with van der Waals surface area (Å²) >= 11 is 0. The minimum absolute atomic E-state index is 0.288. The van der Waals surface area contributed by atoms with Gasteiger partial charge in [-0.1, -0.05) is 22.4 Å². The zero-order valence-electron chi connectivity index (χ0n) is 13.8. The number of benzene rings is 1. The molecule has 2 heterocycles. The molecule has 0 spiro atoms. The molecular weight excluding hydrogens is 371 g/mol. The van der Waals surface area contributed by atoms with Gasteiger partial charge < -0.3 is 14.2 Å². The molecule has 0 unspecified atom stereocenters. The minimum Gasteiger partial charge on any atom is -0.436 e. The summed E-state index contributed by atoms with van der Waals surface area (Å²) in [7, 11) is 0. The molecule has 2 aromatic rings. The van der Waals surface area contributed by atoms with E-state index >= 15 is 0 Å². The normalized spacial score (nSPS) is 15.4. The van der Waals surface area contributed by atoms with Crippen LogP contribution >= 0.6 is 0 Å². The van der Waals surface area contributed by atoms with Gasteiger partial charge in [0.05, 0.1) is 0 Å². The Balaban J connectivity index is 1.67. The fourth-order valence-corrected chi connectivity index (χ4v) is 2.57. The Kier molecular flexibility index (Phi) is 5.40. The van der Waals surface area contributed by atoms with Crippen LogP contribution < -0.4 is 4.74 Å². The molecule has 1 aromatic carbocycles. The summed E-state index contributed by atoms with van der Waals surface area (Å²) in [5.41, 5.74) is 0.488. The molecule has 3 rings (SSSR count). The molecule has 0 atom stereocenters. The van der Waals surface area contributed by atoms with Gasteiger partial charge in [0.1, 0.15) is 5.75 Å². The van der Waals surface area contributed by atoms with Gasteiger partial charge in [-0.2, -0.15) is 13.2 Å². The third kappa shape index (κ3) is 4.61. The number of ether oxygens (including phenoxy) is 3. The molecule has 0 aliphatic carbocycles. The summed E-state index contributed by atoms with van der Waals surface area (Å²) in [5.74, 6) is -3.99. The third-order valence-corrected chi connectivity index (χ3v) is 3.92. The molecule has 1 aromatic heterocycles. The zero-order valence-corrected chi connectivity index (χ0v) is 13.8. The number of nitrogens with zero attached hydrogens (tertiary/aromatic N) is 2. The Labute approximate surface area is 150 Å². The Bertz CT molecular complexity index is 813. The predicted octanol–water partition coefficient (Wildman–Crippen LogP) is 2.74. The average molecular weight is 385 g/mol. The largest absolute Gasteiger partial charge is 0.491 e. The van der Waals surface area contributed by atoms with Gasteiger partial charge in [0.2, 0.25) is 5.69 Å². The Morgan fingerprint density at radius 1 is 1.15 bits per heavy atom. The number of rotatable bonds is 4. The van der Waals surface area contributed by atoms with Crippen molar-refractivity contribution in [1.82, 2.24) is 15.4 Å². The van der Waals surface area contributed by atoms with Crippen molar-refractivity contribution in [3.05, 3.63) is 35.5 Å². The number of hydrogen-bond donors (Lipinski definition) is 1. The third-order valence-electron chi connectivity index (χ3n) is 3.92. The summed E-state index contributed by atoms with van der Waals surface area (Å²) in [6.45, 7) is 1.40. The van der Waals surface area contributed by atoms with E-state index in [4.69, 9.17) is 9.47 Å². The van der Waals surface area contributed by atoms with Crippen molar-refractivity contribution in [2.45, 2.75) is 24.9 Å². The zero-order chi connectivity index (χ0) is 19.4. The Hall–Kier alpha value is -2.95. The quantitative estimate of drug-likeness (QED) is 0.637. The van der Waals surface area contributed by atoms with Gasteiger partial charge in [-0.3, -0.25) is 0 Å². The van der Waals surface area contributed by atoms with Gasteiger partial charge >= 0.3 is 18.1 Å². The highest BCUT2D eigenvalue weighted by molar-refractivity contribution is 5.98. The molecule has 0 bridgehead atoms. The van der Waals surface area contributed by atoms with Crippen LogP contribution in [-0.2, 0) is 14.3 Å². The first kappa shape index (κ1) is 18.8. The van der Waals surface area contributed by atoms with Gasteiger partial charge in [-0.05, 0) is 36.5 Å². The second-order valence-corrected chi connectivity index (χ2v) is 5.72. The second kappa shape index (κ2) is 7.74. The van der Waals surface area contributed by atoms with Crippen LogP contribution in [0.3, 0.4) is 0 Å². The fraction of sp³-hybridized carbons (Fsp3) is 0.375. The monoisotopic (exact) mass is 385 g/mol. The van der Waals surface area contributed by atoms with E-state index in [1.807, 2.05) is 12.1 Å². The molecule has 144 valence electrons. The number of aromatic amines is 1. The topological polar surface area (TPSA) is 103 Å². The van der Waals surface area contributed by atoms with Gasteiger partial charge in [-0.25, -0.2) is 14.7 Å². The molecule has 0 saturated carbocycles. The van der Waals surface area contributed by atoms with Crippen LogP contribution in [0.1, 0.15) is 34.8 Å². The molecule has 1 aliphatic rings. The standard InChI is InChI=1S/C16H14F3N3O5/c17-16(18,19)15(24)27-14(23)12-13(21-22-20-12)26-11-3-1-9(2-4-11)10-5-7-25-8-6-10/h1-4,10H,5-8H2,(H,20,21,22). The van der Waals surface area contributed by atoms with E-state index in [0.29, 0.717) is 19.1 Å². The number of alkyl halides is 3. The van der Waals surface area contributed by atoms with E-state index in [9.17, 15) is 22.8 Å². The lowest BCUT2D eigenvalue weighted by Gasteiger charge is -2.22. The lowest BCUT2D eigenvalue weighted by Crippen LogP contribution is -2.28. The van der Waals surface area contributed by atoms with Crippen LogP contribution in [0.4, 0.5) is 13.2 Å². The van der Waals surface area contributed by atoms with Crippen molar-refractivity contribution in [3.63, 3.8) is 0 Å². The minimum atomic E-state index is -5.30. The summed E-state index contributed by atoms with van der Waals surface area (Å²) in [4.78, 5) is 22.4. The van der Waals surface area contributed by atoms with E-state index in [0.717, 1.165) is 18.4 Å². The first-order valence-corrected chi connectivity index (χ1v) is 7.94. The molecule has 0 amide bonds. The summed E-state index contributed by atoms with van der Waals surface area (Å²) in [6, 6.07) is 6.96. The summed E-state index contributed by atoms with van der Waals surface area (Å²) in [5, 5.41) is 8.82. The van der Waals surface area contributed by atoms with E-state index < -0.39 is 29.7 Å². The lowest BCUT2D eigenvalue weighted by molar-refractivity contribution is -0.193. The number of esters is 2. The van der Waals surface area contributed by atoms with Crippen molar-refractivity contribution in [3.8, 4) is 11.6 Å². The molecule has 1 aliphatic heterocycles. The first-order valence-electron chi connectivity index (χ1n) is 7.94. The lowest BCUT2D eigenvalue weighted by atomic mass is 9.92. The maximum Gasteiger partial charge on any atom is 0.491 e. The van der Waals surface area contributed by atoms with Gasteiger partial charge in [0.15, 0.2) is 0 Å². The highest BCUT2D eigenvalue weighted by Crippen LogP contribution is 2.29. The number of carbonyl (C=O) groups is 2. The molecule has 1 saturated heterocycles. The molecule has 8 nitrogen and oxygen atoms in total. The first-order chi connectivity index (χ1) is 12.8. The Morgan fingerprint density at radius 3 is 2.44 bits per heavy atom. The number of carbonyl (C=O) groups excluding carboxylic acids is 2. The molecule has 1 fully saturated rings. The van der Waals surface area contributed by atoms with Crippen LogP contribution in [0, 0.1) is 0 Å². The molecule has 27 heavy (non-hydrogen) atoms. The second-order valence-electron chi connectivity index (χ2n) is 5.72. The fourth-order valence-electron chi connectivity index (χ4n) is 2.57. The van der Waals surface area contributed by atoms with Crippen molar-refractivity contribution in [1.29, 1.82) is 0 Å². The van der Waals surface area contributed by atoms with Gasteiger partial charge in [0.25, 0.3) is 5.88 Å². The predicted molar refractivity (Wildman–Crippen MR) is 82.2 cm³/mol. The molecular formula is C16H14F3N3O5. The van der Waals surface area contributed by atoms with Gasteiger partial charge in [0, 0.05) is 13.2 Å². The average Bonchev–Trinajstić information content (AvgIpc) is 3.10. The maximum atomic E-state index is 12.2. The maximum absolute atomic E-state index is 12.2. The van der Waals surface area contributed by atoms with Crippen molar-refractivity contribution in [2.75, 3.05) is 13.2 Å². The van der Waals surface area contributed by atoms with E-state index in [1.54, 1.807) is 12.1 Å². The molecule has 0 radical (unpaired) electrons. The molecule has 1 N–H and O–H groups in total. The van der Waals surface area contributed by atoms with Crippen molar-refractivity contribution in [2.24, 2.45) is 0 Å². The van der Waals surface area contributed by atoms with E-state index in [2.05, 4.69) is 20.1 Å². The van der Waals surface area contributed by atoms with Crippen LogP contribution in [0.5, 0.6) is 11.6 Å². The number of halogens is 3. The number of nitrogens with one attached hydrogen (secondary N) is 1. The smallest absolute Gasteiger partial charge is 0.436 e. The highest BCUT2D eigenvalue weighted by atomic mass is 19.4. The van der Waals surface area contributed by atoms with E-state index in [1.165, 1.54) is 0 Å². The molecule has 11 heteroatoms. The highest BCUT2D eigenvalue weighted by Gasteiger charge is 2.43. The van der Waals surface area contributed by atoms with Crippen LogP contribution in [0.2, 0.25) is 0 Å². The summed E-state index contributed by atoms with van der Waals surface area (Å²) in [6.07, 6.45) is -3.48. The van der Waals surface area contributed by atoms with Gasteiger partial charge in [-0.15, -0.1) is 0 Å². The Morgan fingerprint density at radius 2 is 1.81 bits per heavy atom. The van der Waals surface area contributed by atoms with Crippen molar-refractivity contribution < 1.29 is 37.0 Å².